The summed E-state index contributed by atoms with van der Waals surface area (Å²) in [7, 11) is 0. The molecule has 1 atom stereocenters. The number of halogens is 1. The molecular formula is C14H15FO. The molecule has 0 saturated heterocycles. The Labute approximate surface area is 95.3 Å². The number of hydrogen-bond acceptors (Lipinski definition) is 1. The van der Waals surface area contributed by atoms with Crippen LogP contribution in [0.2, 0.25) is 0 Å². The molecule has 0 amide bonds. The number of rotatable bonds is 5. The van der Waals surface area contributed by atoms with Gasteiger partial charge in [-0.15, -0.1) is 0 Å². The fourth-order valence-corrected chi connectivity index (χ4v) is 1.56. The minimum atomic E-state index is -0.815. The molecule has 84 valence electrons. The third-order valence-electron chi connectivity index (χ3n) is 2.56. The highest BCUT2D eigenvalue weighted by molar-refractivity contribution is 5.68. The standard InChI is InChI=1S/C14H15FO/c1-3-4-7-10-14(2,11-16)12-8-5-6-9-13(12)15/h3-9,11H,1,10H2,2H3/b7-4+/t14-/m0/s1. The zero-order valence-electron chi connectivity index (χ0n) is 9.32. The first kappa shape index (κ1) is 12.4. The summed E-state index contributed by atoms with van der Waals surface area (Å²) < 4.78 is 13.6. The van der Waals surface area contributed by atoms with Gasteiger partial charge in [0.1, 0.15) is 12.1 Å². The normalized spacial score (nSPS) is 14.6. The average molecular weight is 218 g/mol. The topological polar surface area (TPSA) is 17.1 Å². The van der Waals surface area contributed by atoms with Crippen molar-refractivity contribution in [3.05, 3.63) is 60.5 Å². The van der Waals surface area contributed by atoms with Crippen molar-refractivity contribution in [2.45, 2.75) is 18.8 Å². The fourth-order valence-electron chi connectivity index (χ4n) is 1.56. The van der Waals surface area contributed by atoms with Crippen LogP contribution >= 0.6 is 0 Å². The molecule has 0 spiro atoms. The third kappa shape index (κ3) is 2.66. The van der Waals surface area contributed by atoms with Gasteiger partial charge in [0.2, 0.25) is 0 Å². The summed E-state index contributed by atoms with van der Waals surface area (Å²) in [6.45, 7) is 5.28. The van der Waals surface area contributed by atoms with Gasteiger partial charge in [0.05, 0.1) is 5.41 Å². The summed E-state index contributed by atoms with van der Waals surface area (Å²) in [5, 5.41) is 0. The Hall–Kier alpha value is -1.70. The van der Waals surface area contributed by atoms with Crippen LogP contribution in [0.3, 0.4) is 0 Å². The van der Waals surface area contributed by atoms with Gasteiger partial charge in [0, 0.05) is 5.56 Å². The van der Waals surface area contributed by atoms with E-state index in [2.05, 4.69) is 6.58 Å². The van der Waals surface area contributed by atoms with Crippen molar-refractivity contribution in [3.63, 3.8) is 0 Å². The van der Waals surface area contributed by atoms with Crippen molar-refractivity contribution < 1.29 is 9.18 Å². The van der Waals surface area contributed by atoms with Crippen molar-refractivity contribution in [1.29, 1.82) is 0 Å². The van der Waals surface area contributed by atoms with Crippen molar-refractivity contribution >= 4 is 6.29 Å². The maximum absolute atomic E-state index is 13.6. The SMILES string of the molecule is C=C/C=C/C[C@@](C)(C=O)c1ccccc1F. The zero-order chi connectivity index (χ0) is 12.0. The van der Waals surface area contributed by atoms with E-state index < -0.39 is 5.41 Å². The number of hydrogen-bond donors (Lipinski definition) is 0. The molecule has 0 aliphatic carbocycles. The first-order valence-electron chi connectivity index (χ1n) is 5.13. The minimum absolute atomic E-state index is 0.343. The number of carbonyl (C=O) groups is 1. The highest BCUT2D eigenvalue weighted by atomic mass is 19.1. The van der Waals surface area contributed by atoms with Gasteiger partial charge in [-0.1, -0.05) is 43.0 Å². The van der Waals surface area contributed by atoms with Crippen molar-refractivity contribution in [1.82, 2.24) is 0 Å². The first-order chi connectivity index (χ1) is 7.64. The van der Waals surface area contributed by atoms with Gasteiger partial charge in [0.25, 0.3) is 0 Å². The Morgan fingerprint density at radius 1 is 1.44 bits per heavy atom. The first-order valence-corrected chi connectivity index (χ1v) is 5.13. The van der Waals surface area contributed by atoms with E-state index in [9.17, 15) is 9.18 Å². The quantitative estimate of drug-likeness (QED) is 0.546. The van der Waals surface area contributed by atoms with Gasteiger partial charge in [-0.2, -0.15) is 0 Å². The lowest BCUT2D eigenvalue weighted by Crippen LogP contribution is -2.24. The molecule has 0 bridgehead atoms. The lowest BCUT2D eigenvalue weighted by atomic mass is 9.80. The van der Waals surface area contributed by atoms with Gasteiger partial charge in [-0.25, -0.2) is 4.39 Å². The Kier molecular flexibility index (Phi) is 4.18. The van der Waals surface area contributed by atoms with E-state index in [1.54, 1.807) is 37.3 Å². The summed E-state index contributed by atoms with van der Waals surface area (Å²) in [4.78, 5) is 11.1. The molecule has 16 heavy (non-hydrogen) atoms. The molecule has 0 aromatic heterocycles. The molecule has 1 rings (SSSR count). The fraction of sp³-hybridized carbons (Fsp3) is 0.214. The second kappa shape index (κ2) is 5.40. The van der Waals surface area contributed by atoms with Crippen LogP contribution < -0.4 is 0 Å². The molecule has 0 unspecified atom stereocenters. The van der Waals surface area contributed by atoms with Crippen LogP contribution in [-0.2, 0) is 10.2 Å². The van der Waals surface area contributed by atoms with Crippen molar-refractivity contribution in [2.75, 3.05) is 0 Å². The van der Waals surface area contributed by atoms with Crippen LogP contribution in [-0.4, -0.2) is 6.29 Å². The number of benzene rings is 1. The maximum Gasteiger partial charge on any atom is 0.130 e. The number of allylic oxidation sites excluding steroid dienone is 3. The smallest absolute Gasteiger partial charge is 0.130 e. The number of carbonyl (C=O) groups excluding carboxylic acids is 1. The highest BCUT2D eigenvalue weighted by Crippen LogP contribution is 2.28. The Morgan fingerprint density at radius 3 is 2.69 bits per heavy atom. The highest BCUT2D eigenvalue weighted by Gasteiger charge is 2.27. The van der Waals surface area contributed by atoms with E-state index in [0.717, 1.165) is 6.29 Å². The summed E-state index contributed by atoms with van der Waals surface area (Å²) >= 11 is 0. The molecule has 0 heterocycles. The van der Waals surface area contributed by atoms with Crippen LogP contribution in [0.15, 0.2) is 49.1 Å². The van der Waals surface area contributed by atoms with E-state index in [-0.39, 0.29) is 5.82 Å². The molecule has 1 aromatic rings. The van der Waals surface area contributed by atoms with E-state index in [4.69, 9.17) is 0 Å². The molecule has 0 aliphatic rings. The van der Waals surface area contributed by atoms with E-state index >= 15 is 0 Å². The van der Waals surface area contributed by atoms with E-state index in [1.165, 1.54) is 6.07 Å². The molecule has 0 saturated carbocycles. The molecule has 0 aliphatic heterocycles. The second-order valence-electron chi connectivity index (χ2n) is 3.88. The predicted octanol–water partition coefficient (Wildman–Crippen LogP) is 3.41. The lowest BCUT2D eigenvalue weighted by molar-refractivity contribution is -0.112. The molecule has 0 N–H and O–H groups in total. The van der Waals surface area contributed by atoms with Crippen LogP contribution in [0.4, 0.5) is 4.39 Å². The van der Waals surface area contributed by atoms with Gasteiger partial charge < -0.3 is 4.79 Å². The summed E-state index contributed by atoms with van der Waals surface area (Å²) in [5.41, 5.74) is -0.385. The largest absolute Gasteiger partial charge is 0.302 e. The van der Waals surface area contributed by atoms with Crippen LogP contribution in [0.5, 0.6) is 0 Å². The summed E-state index contributed by atoms with van der Waals surface area (Å²) in [5.74, 6) is -0.343. The maximum atomic E-state index is 13.6. The molecule has 2 heteroatoms. The summed E-state index contributed by atoms with van der Waals surface area (Å²) in [6.07, 6.45) is 6.45. The van der Waals surface area contributed by atoms with Crippen molar-refractivity contribution in [3.8, 4) is 0 Å². The van der Waals surface area contributed by atoms with Gasteiger partial charge in [-0.3, -0.25) is 0 Å². The average Bonchev–Trinajstić information content (AvgIpc) is 2.30. The van der Waals surface area contributed by atoms with Crippen LogP contribution in [0.1, 0.15) is 18.9 Å². The van der Waals surface area contributed by atoms with Crippen molar-refractivity contribution in [2.24, 2.45) is 0 Å². The molecular weight excluding hydrogens is 203 g/mol. The Balaban J connectivity index is 3.04. The van der Waals surface area contributed by atoms with Gasteiger partial charge in [0.15, 0.2) is 0 Å². The Bertz CT molecular complexity index is 409. The van der Waals surface area contributed by atoms with Gasteiger partial charge >= 0.3 is 0 Å². The molecule has 1 nitrogen and oxygen atoms in total. The van der Waals surface area contributed by atoms with Crippen LogP contribution in [0, 0.1) is 5.82 Å². The monoisotopic (exact) mass is 218 g/mol. The zero-order valence-corrected chi connectivity index (χ0v) is 9.32. The molecule has 0 fully saturated rings. The molecule has 0 radical (unpaired) electrons. The predicted molar refractivity (Wildman–Crippen MR) is 63.8 cm³/mol. The second-order valence-corrected chi connectivity index (χ2v) is 3.88. The van der Waals surface area contributed by atoms with Gasteiger partial charge in [-0.05, 0) is 19.4 Å². The Morgan fingerprint density at radius 2 is 2.12 bits per heavy atom. The lowest BCUT2D eigenvalue weighted by Gasteiger charge is -2.22. The van der Waals surface area contributed by atoms with Crippen LogP contribution in [0.25, 0.3) is 0 Å². The summed E-state index contributed by atoms with van der Waals surface area (Å²) in [6, 6.07) is 6.36. The molecule has 1 aromatic carbocycles. The number of aldehydes is 1. The van der Waals surface area contributed by atoms with E-state index in [0.29, 0.717) is 12.0 Å². The van der Waals surface area contributed by atoms with E-state index in [1.807, 2.05) is 6.08 Å². The third-order valence-corrected chi connectivity index (χ3v) is 2.56. The minimum Gasteiger partial charge on any atom is -0.302 e.